The largest absolute Gasteiger partial charge is 0.0628 e. The van der Waals surface area contributed by atoms with Gasteiger partial charge in [0.1, 0.15) is 0 Å². The lowest BCUT2D eigenvalue weighted by Gasteiger charge is -2.05. The first-order chi connectivity index (χ1) is 7.13. The Morgan fingerprint density at radius 3 is 1.80 bits per heavy atom. The average Bonchev–Trinajstić information content (AvgIpc) is 2.14. The molecule has 15 heavy (non-hydrogen) atoms. The topological polar surface area (TPSA) is 0 Å². The maximum absolute atomic E-state index is 2.50. The van der Waals surface area contributed by atoms with Gasteiger partial charge in [-0.1, -0.05) is 79.1 Å². The first-order valence-corrected chi connectivity index (χ1v) is 6.94. The van der Waals surface area contributed by atoms with Crippen molar-refractivity contribution in [2.24, 2.45) is 11.8 Å². The summed E-state index contributed by atoms with van der Waals surface area (Å²) in [6.45, 7) is 9.26. The molecule has 1 radical (unpaired) electrons. The number of unbranched alkanes of at least 4 members (excludes halogenated alkanes) is 6. The Morgan fingerprint density at radius 1 is 0.667 bits per heavy atom. The number of rotatable bonds is 10. The van der Waals surface area contributed by atoms with Crippen molar-refractivity contribution >= 4 is 0 Å². The molecule has 0 aromatic carbocycles. The molecule has 0 unspecified atom stereocenters. The Kier molecular flexibility index (Phi) is 10.5. The van der Waals surface area contributed by atoms with E-state index in [1.54, 1.807) is 0 Å². The number of hydrogen-bond donors (Lipinski definition) is 0. The van der Waals surface area contributed by atoms with Gasteiger partial charge in [0.2, 0.25) is 0 Å². The molecule has 0 heterocycles. The van der Waals surface area contributed by atoms with Crippen LogP contribution in [0.2, 0.25) is 0 Å². The Balaban J connectivity index is 2.93. The highest BCUT2D eigenvalue weighted by atomic mass is 14.0. The molecular weight excluding hydrogens is 180 g/mol. The van der Waals surface area contributed by atoms with Crippen LogP contribution < -0.4 is 0 Å². The van der Waals surface area contributed by atoms with Crippen LogP contribution in [0.15, 0.2) is 0 Å². The van der Waals surface area contributed by atoms with Crippen LogP contribution in [0.3, 0.4) is 0 Å². The monoisotopic (exact) mass is 211 g/mol. The van der Waals surface area contributed by atoms with E-state index in [9.17, 15) is 0 Å². The second-order valence-corrected chi connectivity index (χ2v) is 5.65. The molecule has 0 saturated heterocycles. The van der Waals surface area contributed by atoms with Crippen LogP contribution in [0.1, 0.15) is 79.1 Å². The van der Waals surface area contributed by atoms with Crippen molar-refractivity contribution in [3.05, 3.63) is 6.42 Å². The van der Waals surface area contributed by atoms with E-state index in [-0.39, 0.29) is 0 Å². The third-order valence-corrected chi connectivity index (χ3v) is 2.88. The van der Waals surface area contributed by atoms with Crippen molar-refractivity contribution in [1.82, 2.24) is 0 Å². The molecular formula is C15H31. The second-order valence-electron chi connectivity index (χ2n) is 5.65. The zero-order valence-corrected chi connectivity index (χ0v) is 11.4. The van der Waals surface area contributed by atoms with Crippen molar-refractivity contribution in [2.75, 3.05) is 0 Å². The summed E-state index contributed by atoms with van der Waals surface area (Å²) >= 11 is 0. The second kappa shape index (κ2) is 10.5. The third kappa shape index (κ3) is 14.0. The van der Waals surface area contributed by atoms with Gasteiger partial charge in [-0.15, -0.1) is 0 Å². The van der Waals surface area contributed by atoms with E-state index in [0.717, 1.165) is 11.8 Å². The molecule has 0 N–H and O–H groups in total. The van der Waals surface area contributed by atoms with E-state index in [0.29, 0.717) is 0 Å². The molecule has 0 bridgehead atoms. The predicted molar refractivity (Wildman–Crippen MR) is 70.9 cm³/mol. The highest BCUT2D eigenvalue weighted by molar-refractivity contribution is 4.65. The molecule has 0 aliphatic heterocycles. The quantitative estimate of drug-likeness (QED) is 0.411. The average molecular weight is 211 g/mol. The minimum Gasteiger partial charge on any atom is -0.0628 e. The fourth-order valence-electron chi connectivity index (χ4n) is 1.83. The maximum Gasteiger partial charge on any atom is -0.0386 e. The van der Waals surface area contributed by atoms with E-state index in [1.807, 2.05) is 0 Å². The van der Waals surface area contributed by atoms with Gasteiger partial charge in [-0.05, 0) is 18.3 Å². The normalized spacial score (nSPS) is 11.6. The molecule has 0 nitrogen and oxygen atoms in total. The molecule has 0 fully saturated rings. The van der Waals surface area contributed by atoms with Crippen LogP contribution in [-0.2, 0) is 0 Å². The van der Waals surface area contributed by atoms with Crippen molar-refractivity contribution < 1.29 is 0 Å². The van der Waals surface area contributed by atoms with E-state index < -0.39 is 0 Å². The maximum atomic E-state index is 2.50. The van der Waals surface area contributed by atoms with Gasteiger partial charge in [-0.3, -0.25) is 0 Å². The molecule has 0 rings (SSSR count). The molecule has 0 aliphatic carbocycles. The summed E-state index contributed by atoms with van der Waals surface area (Å²) in [6, 6.07) is 0. The molecule has 0 aromatic rings. The lowest BCUT2D eigenvalue weighted by atomic mass is 10.0. The summed E-state index contributed by atoms with van der Waals surface area (Å²) < 4.78 is 0. The SMILES string of the molecule is CC(C)CCC[CH]CCCCCC(C)C. The van der Waals surface area contributed by atoms with Gasteiger partial charge in [0, 0.05) is 0 Å². The van der Waals surface area contributed by atoms with Crippen LogP contribution in [-0.4, -0.2) is 0 Å². The van der Waals surface area contributed by atoms with Crippen LogP contribution >= 0.6 is 0 Å². The third-order valence-electron chi connectivity index (χ3n) is 2.88. The van der Waals surface area contributed by atoms with Crippen molar-refractivity contribution in [2.45, 2.75) is 79.1 Å². The van der Waals surface area contributed by atoms with Gasteiger partial charge in [-0.25, -0.2) is 0 Å². The first-order valence-electron chi connectivity index (χ1n) is 6.94. The standard InChI is InChI=1S/C15H31/c1-14(2)12-10-8-6-5-7-9-11-13-15(3)4/h6,14-15H,5,7-13H2,1-4H3. The first kappa shape index (κ1) is 15.0. The summed E-state index contributed by atoms with van der Waals surface area (Å²) in [5.74, 6) is 1.77. The van der Waals surface area contributed by atoms with Gasteiger partial charge in [0.05, 0.1) is 0 Å². The van der Waals surface area contributed by atoms with Gasteiger partial charge >= 0.3 is 0 Å². The Hall–Kier alpha value is 0. The van der Waals surface area contributed by atoms with Gasteiger partial charge in [0.15, 0.2) is 0 Å². The number of hydrogen-bond acceptors (Lipinski definition) is 0. The Morgan fingerprint density at radius 2 is 1.20 bits per heavy atom. The zero-order valence-electron chi connectivity index (χ0n) is 11.4. The Labute approximate surface area is 97.8 Å². The zero-order chi connectivity index (χ0) is 11.5. The summed E-state index contributed by atoms with van der Waals surface area (Å²) in [6.07, 6.45) is 13.6. The lowest BCUT2D eigenvalue weighted by molar-refractivity contribution is 0.519. The van der Waals surface area contributed by atoms with Gasteiger partial charge in [-0.2, -0.15) is 0 Å². The fourth-order valence-corrected chi connectivity index (χ4v) is 1.83. The van der Waals surface area contributed by atoms with E-state index in [2.05, 4.69) is 34.1 Å². The van der Waals surface area contributed by atoms with Crippen molar-refractivity contribution in [3.8, 4) is 0 Å². The van der Waals surface area contributed by atoms with Crippen LogP contribution in [0, 0.1) is 18.3 Å². The van der Waals surface area contributed by atoms with Gasteiger partial charge in [0.25, 0.3) is 0 Å². The van der Waals surface area contributed by atoms with Gasteiger partial charge < -0.3 is 0 Å². The summed E-state index contributed by atoms with van der Waals surface area (Å²) in [4.78, 5) is 0. The molecule has 0 aliphatic rings. The van der Waals surface area contributed by atoms with Crippen LogP contribution in [0.4, 0.5) is 0 Å². The summed E-state index contributed by atoms with van der Waals surface area (Å²) in [5.41, 5.74) is 0. The summed E-state index contributed by atoms with van der Waals surface area (Å²) in [7, 11) is 0. The smallest absolute Gasteiger partial charge is 0.0386 e. The van der Waals surface area contributed by atoms with E-state index >= 15 is 0 Å². The molecule has 0 saturated carbocycles. The summed E-state index contributed by atoms with van der Waals surface area (Å²) in [5, 5.41) is 0. The molecule has 0 spiro atoms. The molecule has 0 atom stereocenters. The minimum absolute atomic E-state index is 0.879. The van der Waals surface area contributed by atoms with E-state index in [1.165, 1.54) is 51.4 Å². The highest BCUT2D eigenvalue weighted by Gasteiger charge is 1.96. The van der Waals surface area contributed by atoms with Crippen molar-refractivity contribution in [3.63, 3.8) is 0 Å². The molecule has 0 aromatic heterocycles. The van der Waals surface area contributed by atoms with Crippen molar-refractivity contribution in [1.29, 1.82) is 0 Å². The van der Waals surface area contributed by atoms with Crippen LogP contribution in [0.25, 0.3) is 0 Å². The fraction of sp³-hybridized carbons (Fsp3) is 0.933. The van der Waals surface area contributed by atoms with E-state index in [4.69, 9.17) is 0 Å². The lowest BCUT2D eigenvalue weighted by Crippen LogP contribution is -1.89. The van der Waals surface area contributed by atoms with Crippen LogP contribution in [0.5, 0.6) is 0 Å². The minimum atomic E-state index is 0.879. The molecule has 91 valence electrons. The molecule has 0 amide bonds. The highest BCUT2D eigenvalue weighted by Crippen LogP contribution is 2.13. The Bertz CT molecular complexity index is 99.2. The molecule has 0 heteroatoms. The predicted octanol–water partition coefficient (Wildman–Crippen LogP) is 5.62.